The minimum absolute atomic E-state index is 0.509. The summed E-state index contributed by atoms with van der Waals surface area (Å²) in [4.78, 5) is 8.93. The second-order valence-corrected chi connectivity index (χ2v) is 5.67. The Morgan fingerprint density at radius 1 is 0.826 bits per heavy atom. The maximum Gasteiger partial charge on any atom is 0.229 e. The average molecular weight is 325 g/mol. The fourth-order valence-corrected chi connectivity index (χ4v) is 2.41. The third kappa shape index (κ3) is 3.79. The van der Waals surface area contributed by atoms with E-state index in [1.807, 2.05) is 55.5 Å². The van der Waals surface area contributed by atoms with E-state index in [1.54, 1.807) is 0 Å². The van der Waals surface area contributed by atoms with Crippen molar-refractivity contribution in [3.05, 3.63) is 70.9 Å². The molecule has 5 heteroatoms. The standard InChI is InChI=1S/C18H17ClN4/c1-12-7-3-5-9-15(12)21-17-11-13(2)20-18(23-17)22-16-10-6-4-8-14(16)19/h3-11H,1-2H3,(H2,20,21,22,23). The van der Waals surface area contributed by atoms with Crippen molar-refractivity contribution in [1.82, 2.24) is 9.97 Å². The van der Waals surface area contributed by atoms with Crippen molar-refractivity contribution in [3.63, 3.8) is 0 Å². The Morgan fingerprint density at radius 3 is 2.26 bits per heavy atom. The summed E-state index contributed by atoms with van der Waals surface area (Å²) in [5, 5.41) is 7.12. The number of aryl methyl sites for hydroxylation is 2. The van der Waals surface area contributed by atoms with Crippen molar-refractivity contribution in [2.75, 3.05) is 10.6 Å². The van der Waals surface area contributed by atoms with Crippen LogP contribution in [0.25, 0.3) is 0 Å². The van der Waals surface area contributed by atoms with Gasteiger partial charge in [-0.15, -0.1) is 0 Å². The van der Waals surface area contributed by atoms with Gasteiger partial charge < -0.3 is 10.6 Å². The van der Waals surface area contributed by atoms with E-state index < -0.39 is 0 Å². The summed E-state index contributed by atoms with van der Waals surface area (Å²) in [6.07, 6.45) is 0. The predicted octanol–water partition coefficient (Wildman–Crippen LogP) is 5.23. The SMILES string of the molecule is Cc1cc(Nc2ccccc2C)nc(Nc2ccccc2Cl)n1. The quantitative estimate of drug-likeness (QED) is 0.689. The van der Waals surface area contributed by atoms with Gasteiger partial charge in [0.2, 0.25) is 5.95 Å². The van der Waals surface area contributed by atoms with Crippen LogP contribution in [0.2, 0.25) is 5.02 Å². The molecule has 0 fully saturated rings. The van der Waals surface area contributed by atoms with Gasteiger partial charge in [0, 0.05) is 17.4 Å². The third-order valence-electron chi connectivity index (χ3n) is 3.38. The van der Waals surface area contributed by atoms with Crippen molar-refractivity contribution in [3.8, 4) is 0 Å². The molecule has 23 heavy (non-hydrogen) atoms. The van der Waals surface area contributed by atoms with Crippen LogP contribution in [0, 0.1) is 13.8 Å². The highest BCUT2D eigenvalue weighted by atomic mass is 35.5. The zero-order valence-electron chi connectivity index (χ0n) is 13.0. The van der Waals surface area contributed by atoms with Crippen LogP contribution in [0.4, 0.5) is 23.1 Å². The van der Waals surface area contributed by atoms with Crippen molar-refractivity contribution < 1.29 is 0 Å². The van der Waals surface area contributed by atoms with Crippen LogP contribution in [0.1, 0.15) is 11.3 Å². The van der Waals surface area contributed by atoms with Crippen LogP contribution >= 0.6 is 11.6 Å². The summed E-state index contributed by atoms with van der Waals surface area (Å²) in [6.45, 7) is 3.99. The molecule has 0 unspecified atom stereocenters. The fraction of sp³-hybridized carbons (Fsp3) is 0.111. The van der Waals surface area contributed by atoms with Crippen LogP contribution in [-0.2, 0) is 0 Å². The molecule has 2 N–H and O–H groups in total. The van der Waals surface area contributed by atoms with Crippen LogP contribution in [0.15, 0.2) is 54.6 Å². The molecule has 0 aliphatic rings. The smallest absolute Gasteiger partial charge is 0.229 e. The first-order valence-corrected chi connectivity index (χ1v) is 7.69. The maximum atomic E-state index is 6.17. The Morgan fingerprint density at radius 2 is 1.52 bits per heavy atom. The molecule has 116 valence electrons. The summed E-state index contributed by atoms with van der Waals surface area (Å²) < 4.78 is 0. The number of anilines is 4. The van der Waals surface area contributed by atoms with Gasteiger partial charge in [-0.25, -0.2) is 4.98 Å². The zero-order chi connectivity index (χ0) is 16.2. The highest BCUT2D eigenvalue weighted by Crippen LogP contribution is 2.25. The molecule has 4 nitrogen and oxygen atoms in total. The largest absolute Gasteiger partial charge is 0.340 e. The molecule has 0 saturated carbocycles. The van der Waals surface area contributed by atoms with Gasteiger partial charge in [0.1, 0.15) is 5.82 Å². The number of nitrogens with zero attached hydrogens (tertiary/aromatic N) is 2. The topological polar surface area (TPSA) is 49.8 Å². The lowest BCUT2D eigenvalue weighted by Crippen LogP contribution is -2.03. The van der Waals surface area contributed by atoms with Gasteiger partial charge in [0.05, 0.1) is 10.7 Å². The Kier molecular flexibility index (Phi) is 4.44. The first-order chi connectivity index (χ1) is 11.1. The number of para-hydroxylation sites is 2. The van der Waals surface area contributed by atoms with E-state index in [4.69, 9.17) is 11.6 Å². The minimum atomic E-state index is 0.509. The number of nitrogens with one attached hydrogen (secondary N) is 2. The molecular formula is C18H17ClN4. The van der Waals surface area contributed by atoms with Gasteiger partial charge in [-0.3, -0.25) is 0 Å². The lowest BCUT2D eigenvalue weighted by molar-refractivity contribution is 1.11. The number of aromatic nitrogens is 2. The second kappa shape index (κ2) is 6.67. The molecule has 0 saturated heterocycles. The van der Waals surface area contributed by atoms with E-state index in [-0.39, 0.29) is 0 Å². The molecule has 3 aromatic rings. The fourth-order valence-electron chi connectivity index (χ4n) is 2.22. The number of halogens is 1. The van der Waals surface area contributed by atoms with Crippen LogP contribution < -0.4 is 10.6 Å². The molecule has 0 bridgehead atoms. The second-order valence-electron chi connectivity index (χ2n) is 5.26. The van der Waals surface area contributed by atoms with Crippen molar-refractivity contribution in [2.24, 2.45) is 0 Å². The van der Waals surface area contributed by atoms with Gasteiger partial charge in [0.15, 0.2) is 0 Å². The predicted molar refractivity (Wildman–Crippen MR) is 96.0 cm³/mol. The molecule has 0 atom stereocenters. The number of benzene rings is 2. The van der Waals surface area contributed by atoms with E-state index in [1.165, 1.54) is 0 Å². The molecular weight excluding hydrogens is 308 g/mol. The molecule has 0 amide bonds. The Bertz CT molecular complexity index is 767. The highest BCUT2D eigenvalue weighted by molar-refractivity contribution is 6.33. The molecule has 1 aromatic heterocycles. The maximum absolute atomic E-state index is 6.17. The van der Waals surface area contributed by atoms with Crippen molar-refractivity contribution >= 4 is 34.7 Å². The Hall–Kier alpha value is -2.59. The van der Waals surface area contributed by atoms with Crippen LogP contribution in [-0.4, -0.2) is 9.97 Å². The third-order valence-corrected chi connectivity index (χ3v) is 3.71. The van der Waals surface area contributed by atoms with E-state index in [0.717, 1.165) is 28.5 Å². The van der Waals surface area contributed by atoms with Crippen LogP contribution in [0.5, 0.6) is 0 Å². The van der Waals surface area contributed by atoms with Gasteiger partial charge in [-0.1, -0.05) is 41.9 Å². The molecule has 0 radical (unpaired) electrons. The molecule has 1 heterocycles. The first-order valence-electron chi connectivity index (χ1n) is 7.32. The lowest BCUT2D eigenvalue weighted by Gasteiger charge is -2.12. The summed E-state index contributed by atoms with van der Waals surface area (Å²) in [5.41, 5.74) is 3.82. The lowest BCUT2D eigenvalue weighted by atomic mass is 10.2. The molecule has 0 aliphatic carbocycles. The highest BCUT2D eigenvalue weighted by Gasteiger charge is 2.06. The normalized spacial score (nSPS) is 10.4. The molecule has 0 aliphatic heterocycles. The average Bonchev–Trinajstić information content (AvgIpc) is 2.51. The number of hydrogen-bond donors (Lipinski definition) is 2. The van der Waals surface area contributed by atoms with E-state index in [2.05, 4.69) is 33.6 Å². The number of hydrogen-bond acceptors (Lipinski definition) is 4. The van der Waals surface area contributed by atoms with Gasteiger partial charge in [-0.2, -0.15) is 4.98 Å². The molecule has 3 rings (SSSR count). The zero-order valence-corrected chi connectivity index (χ0v) is 13.7. The van der Waals surface area contributed by atoms with Crippen LogP contribution in [0.3, 0.4) is 0 Å². The summed E-state index contributed by atoms with van der Waals surface area (Å²) >= 11 is 6.17. The number of rotatable bonds is 4. The Balaban J connectivity index is 1.88. The van der Waals surface area contributed by atoms with E-state index in [0.29, 0.717) is 11.0 Å². The monoisotopic (exact) mass is 324 g/mol. The minimum Gasteiger partial charge on any atom is -0.340 e. The first kappa shape index (κ1) is 15.3. The molecule has 0 spiro atoms. The summed E-state index contributed by atoms with van der Waals surface area (Å²) in [5.74, 6) is 1.25. The van der Waals surface area contributed by atoms with Crippen molar-refractivity contribution in [2.45, 2.75) is 13.8 Å². The van der Waals surface area contributed by atoms with Gasteiger partial charge in [-0.05, 0) is 37.6 Å². The Labute approximate surface area is 140 Å². The van der Waals surface area contributed by atoms with E-state index in [9.17, 15) is 0 Å². The van der Waals surface area contributed by atoms with Gasteiger partial charge in [0.25, 0.3) is 0 Å². The van der Waals surface area contributed by atoms with Crippen molar-refractivity contribution in [1.29, 1.82) is 0 Å². The summed E-state index contributed by atoms with van der Waals surface area (Å²) in [7, 11) is 0. The van der Waals surface area contributed by atoms with E-state index >= 15 is 0 Å². The molecule has 2 aromatic carbocycles. The summed E-state index contributed by atoms with van der Waals surface area (Å²) in [6, 6.07) is 17.5. The van der Waals surface area contributed by atoms with Gasteiger partial charge >= 0.3 is 0 Å².